The number of rotatable bonds is 3. The van der Waals surface area contributed by atoms with Crippen LogP contribution in [-0.4, -0.2) is 14.5 Å². The normalized spacial score (nSPS) is 11.0. The zero-order chi connectivity index (χ0) is 15.6. The quantitative estimate of drug-likeness (QED) is 0.421. The van der Waals surface area contributed by atoms with Crippen LogP contribution in [0.2, 0.25) is 0 Å². The van der Waals surface area contributed by atoms with Gasteiger partial charge < -0.3 is 0 Å². The standard InChI is InChI=1S/C18H12IN3S/c19-14-7-8-16-13(11-14)12-17(23-15-5-2-1-3-6-15)22(16)18-20-9-4-10-21-18/h1-12H. The van der Waals surface area contributed by atoms with E-state index in [4.69, 9.17) is 0 Å². The summed E-state index contributed by atoms with van der Waals surface area (Å²) in [4.78, 5) is 10.1. The second-order valence-electron chi connectivity index (χ2n) is 4.99. The van der Waals surface area contributed by atoms with Crippen molar-refractivity contribution in [2.45, 2.75) is 9.92 Å². The Morgan fingerprint density at radius 2 is 1.65 bits per heavy atom. The van der Waals surface area contributed by atoms with Crippen molar-refractivity contribution in [3.8, 4) is 5.95 Å². The molecule has 0 N–H and O–H groups in total. The first-order chi connectivity index (χ1) is 11.3. The van der Waals surface area contributed by atoms with Crippen LogP contribution in [0.3, 0.4) is 0 Å². The maximum absolute atomic E-state index is 4.43. The zero-order valence-corrected chi connectivity index (χ0v) is 15.0. The number of halogens is 1. The van der Waals surface area contributed by atoms with Crippen LogP contribution in [0.25, 0.3) is 16.9 Å². The van der Waals surface area contributed by atoms with E-state index in [2.05, 4.69) is 85.7 Å². The number of benzene rings is 2. The highest BCUT2D eigenvalue weighted by molar-refractivity contribution is 14.1. The average molecular weight is 429 g/mol. The zero-order valence-electron chi connectivity index (χ0n) is 12.1. The van der Waals surface area contributed by atoms with Gasteiger partial charge in [-0.15, -0.1) is 0 Å². The highest BCUT2D eigenvalue weighted by Gasteiger charge is 2.13. The van der Waals surface area contributed by atoms with Crippen LogP contribution < -0.4 is 0 Å². The molecule has 5 heteroatoms. The number of aromatic nitrogens is 3. The fourth-order valence-corrected chi connectivity index (χ4v) is 3.97. The smallest absolute Gasteiger partial charge is 0.234 e. The molecule has 0 radical (unpaired) electrons. The Labute approximate surface area is 151 Å². The third-order valence-electron chi connectivity index (χ3n) is 3.45. The molecule has 0 aliphatic heterocycles. The van der Waals surface area contributed by atoms with Crippen LogP contribution in [0, 0.1) is 3.57 Å². The molecule has 0 unspecified atom stereocenters. The molecule has 0 aliphatic rings. The van der Waals surface area contributed by atoms with Gasteiger partial charge >= 0.3 is 0 Å². The van der Waals surface area contributed by atoms with E-state index < -0.39 is 0 Å². The lowest BCUT2D eigenvalue weighted by molar-refractivity contribution is 0.887. The molecule has 3 nitrogen and oxygen atoms in total. The molecule has 0 fully saturated rings. The lowest BCUT2D eigenvalue weighted by Gasteiger charge is -2.08. The molecule has 0 aliphatic carbocycles. The van der Waals surface area contributed by atoms with E-state index in [1.807, 2.05) is 12.1 Å². The van der Waals surface area contributed by atoms with Crippen LogP contribution >= 0.6 is 34.4 Å². The summed E-state index contributed by atoms with van der Waals surface area (Å²) in [7, 11) is 0. The molecule has 0 spiro atoms. The van der Waals surface area contributed by atoms with Gasteiger partial charge in [0.25, 0.3) is 0 Å². The SMILES string of the molecule is Ic1ccc2c(c1)cc(Sc1ccccc1)n2-c1ncccn1. The van der Waals surface area contributed by atoms with Crippen LogP contribution in [0.1, 0.15) is 0 Å². The van der Waals surface area contributed by atoms with Crippen molar-refractivity contribution in [2.75, 3.05) is 0 Å². The second-order valence-corrected chi connectivity index (χ2v) is 7.32. The van der Waals surface area contributed by atoms with Crippen molar-refractivity contribution in [3.05, 3.63) is 76.6 Å². The Bertz CT molecular complexity index is 952. The highest BCUT2D eigenvalue weighted by Crippen LogP contribution is 2.34. The summed E-state index contributed by atoms with van der Waals surface area (Å²) in [6, 6.07) is 20.8. The van der Waals surface area contributed by atoms with Crippen molar-refractivity contribution >= 4 is 45.3 Å². The van der Waals surface area contributed by atoms with Gasteiger partial charge in [0.1, 0.15) is 0 Å². The fourth-order valence-electron chi connectivity index (χ4n) is 2.46. The van der Waals surface area contributed by atoms with Crippen LogP contribution in [-0.2, 0) is 0 Å². The average Bonchev–Trinajstić information content (AvgIpc) is 2.93. The lowest BCUT2D eigenvalue weighted by atomic mass is 10.2. The predicted molar refractivity (Wildman–Crippen MR) is 102 cm³/mol. The minimum atomic E-state index is 0.696. The summed E-state index contributed by atoms with van der Waals surface area (Å²) in [6.45, 7) is 0. The molecule has 0 amide bonds. The van der Waals surface area contributed by atoms with Crippen molar-refractivity contribution in [3.63, 3.8) is 0 Å². The molecule has 0 bridgehead atoms. The van der Waals surface area contributed by atoms with Gasteiger partial charge in [0.2, 0.25) is 5.95 Å². The van der Waals surface area contributed by atoms with Crippen molar-refractivity contribution in [2.24, 2.45) is 0 Å². The van der Waals surface area contributed by atoms with Gasteiger partial charge in [-0.2, -0.15) is 0 Å². The van der Waals surface area contributed by atoms with E-state index in [1.54, 1.807) is 24.2 Å². The monoisotopic (exact) mass is 429 g/mol. The van der Waals surface area contributed by atoms with Gasteiger partial charge in [-0.3, -0.25) is 4.57 Å². The number of fused-ring (bicyclic) bond motifs is 1. The van der Waals surface area contributed by atoms with Crippen molar-refractivity contribution < 1.29 is 0 Å². The molecule has 0 saturated heterocycles. The molecule has 4 aromatic rings. The summed E-state index contributed by atoms with van der Waals surface area (Å²) in [5.41, 5.74) is 1.12. The Morgan fingerprint density at radius 3 is 2.43 bits per heavy atom. The Kier molecular flexibility index (Phi) is 4.05. The number of nitrogens with zero attached hydrogens (tertiary/aromatic N) is 3. The molecule has 2 aromatic heterocycles. The van der Waals surface area contributed by atoms with Gasteiger partial charge in [-0.1, -0.05) is 30.0 Å². The minimum Gasteiger partial charge on any atom is -0.272 e. The Balaban J connectivity index is 1.92. The van der Waals surface area contributed by atoms with Crippen molar-refractivity contribution in [1.82, 2.24) is 14.5 Å². The summed E-state index contributed by atoms with van der Waals surface area (Å²) in [5, 5.41) is 2.31. The Morgan fingerprint density at radius 1 is 0.870 bits per heavy atom. The summed E-state index contributed by atoms with van der Waals surface area (Å²) in [6.07, 6.45) is 3.55. The third-order valence-corrected chi connectivity index (χ3v) is 5.14. The lowest BCUT2D eigenvalue weighted by Crippen LogP contribution is -2.01. The molecular formula is C18H12IN3S. The number of hydrogen-bond acceptors (Lipinski definition) is 3. The summed E-state index contributed by atoms with van der Waals surface area (Å²) < 4.78 is 3.33. The van der Waals surface area contributed by atoms with Gasteiger partial charge in [-0.05, 0) is 65.1 Å². The maximum Gasteiger partial charge on any atom is 0.234 e. The van der Waals surface area contributed by atoms with E-state index in [0.29, 0.717) is 5.95 Å². The minimum absolute atomic E-state index is 0.696. The van der Waals surface area contributed by atoms with E-state index in [-0.39, 0.29) is 0 Å². The molecule has 4 rings (SSSR count). The molecule has 112 valence electrons. The second kappa shape index (κ2) is 6.33. The highest BCUT2D eigenvalue weighted by atomic mass is 127. The molecular weight excluding hydrogens is 417 g/mol. The topological polar surface area (TPSA) is 30.7 Å². The fraction of sp³-hybridized carbons (Fsp3) is 0. The first-order valence-electron chi connectivity index (χ1n) is 7.12. The van der Waals surface area contributed by atoms with Gasteiger partial charge in [0.05, 0.1) is 10.5 Å². The Hall–Kier alpha value is -1.86. The van der Waals surface area contributed by atoms with Crippen molar-refractivity contribution in [1.29, 1.82) is 0 Å². The molecule has 0 atom stereocenters. The van der Waals surface area contributed by atoms with Gasteiger partial charge in [0.15, 0.2) is 0 Å². The first-order valence-corrected chi connectivity index (χ1v) is 9.02. The molecule has 0 saturated carbocycles. The largest absolute Gasteiger partial charge is 0.272 e. The molecule has 2 heterocycles. The van der Waals surface area contributed by atoms with E-state index >= 15 is 0 Å². The van der Waals surface area contributed by atoms with E-state index in [9.17, 15) is 0 Å². The first kappa shape index (κ1) is 14.7. The summed E-state index contributed by atoms with van der Waals surface area (Å²) >= 11 is 4.06. The molecule has 23 heavy (non-hydrogen) atoms. The van der Waals surface area contributed by atoms with Gasteiger partial charge in [0, 0.05) is 26.2 Å². The van der Waals surface area contributed by atoms with E-state index in [0.717, 1.165) is 10.5 Å². The van der Waals surface area contributed by atoms with Crippen LogP contribution in [0.5, 0.6) is 0 Å². The van der Waals surface area contributed by atoms with E-state index in [1.165, 1.54) is 13.9 Å². The molecule has 2 aromatic carbocycles. The predicted octanol–water partition coefficient (Wildman–Crippen LogP) is 5.18. The van der Waals surface area contributed by atoms with Crippen LogP contribution in [0.15, 0.2) is 83.0 Å². The third kappa shape index (κ3) is 2.98. The maximum atomic E-state index is 4.43. The summed E-state index contributed by atoms with van der Waals surface area (Å²) in [5.74, 6) is 0.696. The van der Waals surface area contributed by atoms with Gasteiger partial charge in [-0.25, -0.2) is 9.97 Å². The number of hydrogen-bond donors (Lipinski definition) is 0. The van der Waals surface area contributed by atoms with Crippen LogP contribution in [0.4, 0.5) is 0 Å².